The Kier molecular flexibility index (Phi) is 4.72. The summed E-state index contributed by atoms with van der Waals surface area (Å²) in [6.45, 7) is -0.621. The fourth-order valence-corrected chi connectivity index (χ4v) is 2.38. The van der Waals surface area contributed by atoms with E-state index in [1.807, 2.05) is 0 Å². The summed E-state index contributed by atoms with van der Waals surface area (Å²) in [5.74, 6) is -0.546. The van der Waals surface area contributed by atoms with Gasteiger partial charge in [0.15, 0.2) is 5.76 Å². The van der Waals surface area contributed by atoms with Crippen molar-refractivity contribution in [1.29, 1.82) is 0 Å². The average molecular weight is 378 g/mol. The Labute approximate surface area is 150 Å². The van der Waals surface area contributed by atoms with Gasteiger partial charge in [-0.2, -0.15) is 18.3 Å². The minimum Gasteiger partial charge on any atom is -0.463 e. The lowest BCUT2D eigenvalue weighted by atomic mass is 10.1. The SMILES string of the molecule is Nc1cc(-c2ccco2)nn(CC(=O)Nc2ccccc2C(F)(F)F)c1=O. The molecule has 140 valence electrons. The zero-order valence-corrected chi connectivity index (χ0v) is 13.7. The van der Waals surface area contributed by atoms with Crippen molar-refractivity contribution in [3.63, 3.8) is 0 Å². The van der Waals surface area contributed by atoms with E-state index < -0.39 is 35.4 Å². The molecule has 0 fully saturated rings. The van der Waals surface area contributed by atoms with E-state index >= 15 is 0 Å². The molecule has 2 heterocycles. The third-order valence-corrected chi connectivity index (χ3v) is 3.58. The summed E-state index contributed by atoms with van der Waals surface area (Å²) < 4.78 is 44.9. The van der Waals surface area contributed by atoms with Gasteiger partial charge < -0.3 is 15.5 Å². The van der Waals surface area contributed by atoms with E-state index in [1.165, 1.54) is 24.5 Å². The number of carbonyl (C=O) groups excluding carboxylic acids is 1. The summed E-state index contributed by atoms with van der Waals surface area (Å²) in [6, 6.07) is 8.98. The topological polar surface area (TPSA) is 103 Å². The van der Waals surface area contributed by atoms with Crippen LogP contribution in [0.15, 0.2) is 57.9 Å². The Morgan fingerprint density at radius 3 is 2.63 bits per heavy atom. The second-order valence-electron chi connectivity index (χ2n) is 5.52. The molecule has 7 nitrogen and oxygen atoms in total. The third-order valence-electron chi connectivity index (χ3n) is 3.58. The monoisotopic (exact) mass is 378 g/mol. The number of nitrogen functional groups attached to an aromatic ring is 1. The molecule has 3 N–H and O–H groups in total. The zero-order chi connectivity index (χ0) is 19.6. The number of benzene rings is 1. The van der Waals surface area contributed by atoms with Crippen LogP contribution in [-0.2, 0) is 17.5 Å². The van der Waals surface area contributed by atoms with Gasteiger partial charge in [-0.25, -0.2) is 4.68 Å². The van der Waals surface area contributed by atoms with Crippen LogP contribution in [0.3, 0.4) is 0 Å². The highest BCUT2D eigenvalue weighted by Gasteiger charge is 2.33. The molecule has 0 saturated carbocycles. The molecule has 0 spiro atoms. The summed E-state index contributed by atoms with van der Waals surface area (Å²) in [4.78, 5) is 24.3. The van der Waals surface area contributed by atoms with Gasteiger partial charge in [-0.3, -0.25) is 9.59 Å². The van der Waals surface area contributed by atoms with Crippen LogP contribution in [0.1, 0.15) is 5.56 Å². The average Bonchev–Trinajstić information content (AvgIpc) is 3.13. The van der Waals surface area contributed by atoms with Crippen molar-refractivity contribution in [3.8, 4) is 11.5 Å². The number of halogens is 3. The Morgan fingerprint density at radius 1 is 1.22 bits per heavy atom. The Morgan fingerprint density at radius 2 is 1.96 bits per heavy atom. The maximum Gasteiger partial charge on any atom is 0.418 e. The van der Waals surface area contributed by atoms with Crippen LogP contribution < -0.4 is 16.6 Å². The molecule has 0 aliphatic rings. The lowest BCUT2D eigenvalue weighted by Gasteiger charge is -2.14. The van der Waals surface area contributed by atoms with Crippen LogP contribution in [0.5, 0.6) is 0 Å². The maximum absolute atomic E-state index is 13.0. The van der Waals surface area contributed by atoms with E-state index in [0.717, 1.165) is 16.8 Å². The molecule has 1 aromatic carbocycles. The number of nitrogens with one attached hydrogen (secondary N) is 1. The van der Waals surface area contributed by atoms with Crippen LogP contribution in [-0.4, -0.2) is 15.7 Å². The van der Waals surface area contributed by atoms with Crippen molar-refractivity contribution < 1.29 is 22.4 Å². The van der Waals surface area contributed by atoms with Gasteiger partial charge in [0.2, 0.25) is 5.91 Å². The fraction of sp³-hybridized carbons (Fsp3) is 0.118. The Balaban J connectivity index is 1.86. The number of anilines is 2. The second-order valence-corrected chi connectivity index (χ2v) is 5.52. The first kappa shape index (κ1) is 18.2. The van der Waals surface area contributed by atoms with Gasteiger partial charge in [-0.15, -0.1) is 0 Å². The highest BCUT2D eigenvalue weighted by Crippen LogP contribution is 2.34. The van der Waals surface area contributed by atoms with E-state index in [9.17, 15) is 22.8 Å². The standard InChI is InChI=1S/C17H13F3N4O3/c18-17(19,20)10-4-1-2-5-12(10)22-15(25)9-24-16(26)11(21)8-13(23-24)14-6-3-7-27-14/h1-8H,9,21H2,(H,22,25). The van der Waals surface area contributed by atoms with Gasteiger partial charge in [0.25, 0.3) is 5.56 Å². The molecule has 3 rings (SSSR count). The number of rotatable bonds is 4. The van der Waals surface area contributed by atoms with Crippen molar-refractivity contribution in [2.24, 2.45) is 0 Å². The molecule has 0 bridgehead atoms. The van der Waals surface area contributed by atoms with Crippen molar-refractivity contribution in [2.75, 3.05) is 11.1 Å². The first-order chi connectivity index (χ1) is 12.8. The van der Waals surface area contributed by atoms with Crippen LogP contribution in [0.25, 0.3) is 11.5 Å². The molecule has 10 heteroatoms. The van der Waals surface area contributed by atoms with Gasteiger partial charge in [0.05, 0.1) is 17.5 Å². The number of alkyl halides is 3. The minimum atomic E-state index is -4.64. The van der Waals surface area contributed by atoms with E-state index in [0.29, 0.717) is 5.76 Å². The van der Waals surface area contributed by atoms with Crippen molar-refractivity contribution in [2.45, 2.75) is 12.7 Å². The number of hydrogen-bond donors (Lipinski definition) is 2. The molecule has 0 saturated heterocycles. The highest BCUT2D eigenvalue weighted by molar-refractivity contribution is 5.91. The third kappa shape index (κ3) is 4.00. The number of nitrogens with zero attached hydrogens (tertiary/aromatic N) is 2. The first-order valence-electron chi connectivity index (χ1n) is 7.63. The number of hydrogen-bond acceptors (Lipinski definition) is 5. The van der Waals surface area contributed by atoms with Gasteiger partial charge >= 0.3 is 6.18 Å². The number of nitrogens with two attached hydrogens (primary N) is 1. The fourth-order valence-electron chi connectivity index (χ4n) is 2.38. The quantitative estimate of drug-likeness (QED) is 0.727. The minimum absolute atomic E-state index is 0.181. The molecular formula is C17H13F3N4O3. The van der Waals surface area contributed by atoms with Crippen LogP contribution in [0.4, 0.5) is 24.5 Å². The first-order valence-corrected chi connectivity index (χ1v) is 7.63. The number of para-hydroxylation sites is 1. The maximum atomic E-state index is 13.0. The Hall–Kier alpha value is -3.56. The van der Waals surface area contributed by atoms with E-state index in [4.69, 9.17) is 10.2 Å². The summed E-state index contributed by atoms with van der Waals surface area (Å²) in [7, 11) is 0. The summed E-state index contributed by atoms with van der Waals surface area (Å²) >= 11 is 0. The molecule has 3 aromatic rings. The molecule has 2 aromatic heterocycles. The molecule has 0 aliphatic carbocycles. The molecule has 1 amide bonds. The molecule has 0 aliphatic heterocycles. The van der Waals surface area contributed by atoms with Crippen molar-refractivity contribution in [3.05, 3.63) is 64.6 Å². The largest absolute Gasteiger partial charge is 0.463 e. The lowest BCUT2D eigenvalue weighted by Crippen LogP contribution is -2.31. The number of aromatic nitrogens is 2. The highest BCUT2D eigenvalue weighted by atomic mass is 19.4. The van der Waals surface area contributed by atoms with Crippen LogP contribution in [0, 0.1) is 0 Å². The van der Waals surface area contributed by atoms with E-state index in [1.54, 1.807) is 12.1 Å². The van der Waals surface area contributed by atoms with E-state index in [-0.39, 0.29) is 11.4 Å². The van der Waals surface area contributed by atoms with Crippen molar-refractivity contribution in [1.82, 2.24) is 9.78 Å². The number of furan rings is 1. The number of carbonyl (C=O) groups is 1. The predicted molar refractivity (Wildman–Crippen MR) is 90.7 cm³/mol. The molecule has 0 atom stereocenters. The van der Waals surface area contributed by atoms with Crippen LogP contribution >= 0.6 is 0 Å². The summed E-state index contributed by atoms with van der Waals surface area (Å²) in [6.07, 6.45) is -3.24. The van der Waals surface area contributed by atoms with Gasteiger partial charge in [-0.1, -0.05) is 12.1 Å². The zero-order valence-electron chi connectivity index (χ0n) is 13.7. The summed E-state index contributed by atoms with van der Waals surface area (Å²) in [5.41, 5.74) is 3.51. The van der Waals surface area contributed by atoms with Gasteiger partial charge in [-0.05, 0) is 30.3 Å². The van der Waals surface area contributed by atoms with Crippen LogP contribution in [0.2, 0.25) is 0 Å². The van der Waals surface area contributed by atoms with E-state index in [2.05, 4.69) is 10.4 Å². The van der Waals surface area contributed by atoms with Gasteiger partial charge in [0.1, 0.15) is 17.9 Å². The molecule has 27 heavy (non-hydrogen) atoms. The van der Waals surface area contributed by atoms with Gasteiger partial charge in [0, 0.05) is 0 Å². The predicted octanol–water partition coefficient (Wildman–Crippen LogP) is 2.74. The molecular weight excluding hydrogens is 365 g/mol. The second kappa shape index (κ2) is 6.98. The van der Waals surface area contributed by atoms with Crippen molar-refractivity contribution >= 4 is 17.3 Å². The normalized spacial score (nSPS) is 11.4. The molecule has 0 radical (unpaired) electrons. The Bertz CT molecular complexity index is 1030. The number of amides is 1. The smallest absolute Gasteiger partial charge is 0.418 e. The summed E-state index contributed by atoms with van der Waals surface area (Å²) in [5, 5.41) is 6.12. The molecule has 0 unspecified atom stereocenters. The lowest BCUT2D eigenvalue weighted by molar-refractivity contribution is -0.137.